The molecule has 108 valence electrons. The Morgan fingerprint density at radius 2 is 2.00 bits per heavy atom. The predicted octanol–water partition coefficient (Wildman–Crippen LogP) is 3.15. The Morgan fingerprint density at radius 1 is 1.24 bits per heavy atom. The monoisotopic (exact) mass is 366 g/mol. The molecule has 0 bridgehead atoms. The Morgan fingerprint density at radius 3 is 2.67 bits per heavy atom. The molecule has 0 fully saturated rings. The van der Waals surface area contributed by atoms with E-state index in [0.717, 1.165) is 11.1 Å². The fourth-order valence-electron chi connectivity index (χ4n) is 1.76. The molecule has 2 aromatic carbocycles. The van der Waals surface area contributed by atoms with E-state index in [9.17, 15) is 9.18 Å². The summed E-state index contributed by atoms with van der Waals surface area (Å²) >= 11 is 7.96. The van der Waals surface area contributed by atoms with Gasteiger partial charge >= 0.3 is 0 Å². The van der Waals surface area contributed by atoms with E-state index in [1.807, 2.05) is 24.3 Å². The van der Waals surface area contributed by atoms with E-state index in [1.54, 1.807) is 0 Å². The first kappa shape index (κ1) is 15.6. The highest BCUT2D eigenvalue weighted by Crippen LogP contribution is 2.16. The minimum atomic E-state index is -0.407. The van der Waals surface area contributed by atoms with Gasteiger partial charge in [0.2, 0.25) is 0 Å². The quantitative estimate of drug-likeness (QED) is 0.817. The van der Waals surface area contributed by atoms with Gasteiger partial charge in [-0.15, -0.1) is 0 Å². The summed E-state index contributed by atoms with van der Waals surface area (Å²) in [7, 11) is 0. The summed E-state index contributed by atoms with van der Waals surface area (Å²) in [6.45, 7) is 0.338. The van der Waals surface area contributed by atoms with Crippen LogP contribution in [0.1, 0.15) is 21.5 Å². The second kappa shape index (κ2) is 6.78. The summed E-state index contributed by atoms with van der Waals surface area (Å²) in [6.07, 6.45) is 0. The topological polar surface area (TPSA) is 55.1 Å². The fourth-order valence-corrected chi connectivity index (χ4v) is 2.26. The molecule has 2 rings (SSSR count). The van der Waals surface area contributed by atoms with Crippen molar-refractivity contribution in [3.63, 3.8) is 0 Å². The average Bonchev–Trinajstić information content (AvgIpc) is 2.48. The van der Waals surface area contributed by atoms with Crippen molar-refractivity contribution in [2.75, 3.05) is 0 Å². The molecule has 0 saturated carbocycles. The van der Waals surface area contributed by atoms with Crippen LogP contribution in [-0.2, 0) is 6.54 Å². The second-order valence-electron chi connectivity index (χ2n) is 4.38. The molecule has 6 heteroatoms. The first-order chi connectivity index (χ1) is 9.97. The lowest BCUT2D eigenvalue weighted by Crippen LogP contribution is -2.23. The summed E-state index contributed by atoms with van der Waals surface area (Å²) < 4.78 is 13.4. The zero-order valence-electron chi connectivity index (χ0n) is 10.9. The lowest BCUT2D eigenvalue weighted by atomic mass is 10.1. The third-order valence-corrected chi connectivity index (χ3v) is 3.69. The number of nitrogens with two attached hydrogens (primary N) is 1. The van der Waals surface area contributed by atoms with Crippen molar-refractivity contribution >= 4 is 39.0 Å². The van der Waals surface area contributed by atoms with E-state index in [2.05, 4.69) is 21.2 Å². The van der Waals surface area contributed by atoms with Crippen LogP contribution in [0.3, 0.4) is 0 Å². The van der Waals surface area contributed by atoms with Gasteiger partial charge < -0.3 is 11.1 Å². The Labute approximate surface area is 135 Å². The highest BCUT2D eigenvalue weighted by Gasteiger charge is 2.08. The second-order valence-corrected chi connectivity index (χ2v) is 5.67. The molecule has 0 spiro atoms. The molecule has 0 atom stereocenters. The van der Waals surface area contributed by atoms with Gasteiger partial charge in [-0.05, 0) is 45.8 Å². The van der Waals surface area contributed by atoms with Gasteiger partial charge in [-0.3, -0.25) is 4.79 Å². The largest absolute Gasteiger partial charge is 0.389 e. The lowest BCUT2D eigenvalue weighted by molar-refractivity contribution is 0.0951. The van der Waals surface area contributed by atoms with Gasteiger partial charge in [-0.1, -0.05) is 30.4 Å². The summed E-state index contributed by atoms with van der Waals surface area (Å²) in [5, 5.41) is 2.76. The van der Waals surface area contributed by atoms with Gasteiger partial charge in [-0.2, -0.15) is 0 Å². The van der Waals surface area contributed by atoms with Crippen molar-refractivity contribution in [2.45, 2.75) is 6.54 Å². The van der Waals surface area contributed by atoms with Crippen LogP contribution >= 0.6 is 28.1 Å². The first-order valence-corrected chi connectivity index (χ1v) is 7.29. The van der Waals surface area contributed by atoms with E-state index in [0.29, 0.717) is 17.1 Å². The van der Waals surface area contributed by atoms with E-state index in [1.165, 1.54) is 18.2 Å². The summed E-state index contributed by atoms with van der Waals surface area (Å²) in [4.78, 5) is 12.3. The van der Waals surface area contributed by atoms with Crippen molar-refractivity contribution in [3.05, 3.63) is 69.4 Å². The fraction of sp³-hybridized carbons (Fsp3) is 0.0667. The van der Waals surface area contributed by atoms with Crippen LogP contribution in [0.15, 0.2) is 46.9 Å². The minimum Gasteiger partial charge on any atom is -0.389 e. The van der Waals surface area contributed by atoms with Crippen LogP contribution in [0, 0.1) is 5.82 Å². The van der Waals surface area contributed by atoms with Crippen LogP contribution in [-0.4, -0.2) is 10.9 Å². The zero-order chi connectivity index (χ0) is 15.4. The van der Waals surface area contributed by atoms with Gasteiger partial charge in [-0.25, -0.2) is 4.39 Å². The highest BCUT2D eigenvalue weighted by atomic mass is 79.9. The minimum absolute atomic E-state index is 0.255. The van der Waals surface area contributed by atoms with Crippen molar-refractivity contribution < 1.29 is 9.18 Å². The molecular formula is C15H12BrFN2OS. The van der Waals surface area contributed by atoms with Crippen LogP contribution in [0.5, 0.6) is 0 Å². The number of carbonyl (C=O) groups excluding carboxylic acids is 1. The van der Waals surface area contributed by atoms with Gasteiger partial charge in [0, 0.05) is 17.7 Å². The number of nitrogens with one attached hydrogen (secondary N) is 1. The maximum Gasteiger partial charge on any atom is 0.251 e. The van der Waals surface area contributed by atoms with Gasteiger partial charge in [0.25, 0.3) is 5.91 Å². The standard InChI is InChI=1S/C15H12BrFN2OS/c16-12-7-11(4-5-13(12)17)15(20)19-8-9-2-1-3-10(6-9)14(18)21/h1-7H,8H2,(H2,18,21)(H,19,20). The SMILES string of the molecule is NC(=S)c1cccc(CNC(=O)c2ccc(F)c(Br)c2)c1. The number of amides is 1. The maximum atomic E-state index is 13.1. The van der Waals surface area contributed by atoms with Crippen molar-refractivity contribution in [1.82, 2.24) is 5.32 Å². The third kappa shape index (κ3) is 4.09. The van der Waals surface area contributed by atoms with Gasteiger partial charge in [0.05, 0.1) is 4.47 Å². The van der Waals surface area contributed by atoms with Crippen molar-refractivity contribution in [3.8, 4) is 0 Å². The molecular weight excluding hydrogens is 355 g/mol. The van der Waals surface area contributed by atoms with Gasteiger partial charge in [0.15, 0.2) is 0 Å². The molecule has 0 aromatic heterocycles. The van der Waals surface area contributed by atoms with E-state index >= 15 is 0 Å². The van der Waals surface area contributed by atoms with Crippen LogP contribution in [0.4, 0.5) is 4.39 Å². The van der Waals surface area contributed by atoms with Crippen LogP contribution < -0.4 is 11.1 Å². The number of carbonyl (C=O) groups is 1. The van der Waals surface area contributed by atoms with E-state index in [-0.39, 0.29) is 10.4 Å². The van der Waals surface area contributed by atoms with E-state index in [4.69, 9.17) is 18.0 Å². The Bertz CT molecular complexity index is 706. The first-order valence-electron chi connectivity index (χ1n) is 6.09. The normalized spacial score (nSPS) is 10.2. The number of hydrogen-bond acceptors (Lipinski definition) is 2. The number of halogens is 2. The molecule has 21 heavy (non-hydrogen) atoms. The average molecular weight is 367 g/mol. The smallest absolute Gasteiger partial charge is 0.251 e. The Hall–Kier alpha value is -1.79. The molecule has 0 unspecified atom stereocenters. The van der Waals surface area contributed by atoms with Crippen LogP contribution in [0.2, 0.25) is 0 Å². The molecule has 0 saturated heterocycles. The number of benzene rings is 2. The number of rotatable bonds is 4. The zero-order valence-corrected chi connectivity index (χ0v) is 13.3. The van der Waals surface area contributed by atoms with Crippen molar-refractivity contribution in [2.24, 2.45) is 5.73 Å². The lowest BCUT2D eigenvalue weighted by Gasteiger charge is -2.07. The molecule has 0 heterocycles. The number of thiocarbonyl (C=S) groups is 1. The molecule has 0 radical (unpaired) electrons. The Balaban J connectivity index is 2.05. The molecule has 0 aliphatic heterocycles. The Kier molecular flexibility index (Phi) is 5.03. The molecule has 1 amide bonds. The van der Waals surface area contributed by atoms with Crippen molar-refractivity contribution in [1.29, 1.82) is 0 Å². The highest BCUT2D eigenvalue weighted by molar-refractivity contribution is 9.10. The summed E-state index contributed by atoms with van der Waals surface area (Å²) in [6, 6.07) is 11.4. The molecule has 0 aliphatic carbocycles. The molecule has 2 aromatic rings. The molecule has 3 N–H and O–H groups in total. The summed E-state index contributed by atoms with van der Waals surface area (Å²) in [5.74, 6) is -0.688. The summed E-state index contributed by atoms with van der Waals surface area (Å²) in [5.41, 5.74) is 7.58. The number of hydrogen-bond donors (Lipinski definition) is 2. The third-order valence-electron chi connectivity index (χ3n) is 2.85. The molecule has 0 aliphatic rings. The molecule has 3 nitrogen and oxygen atoms in total. The van der Waals surface area contributed by atoms with Gasteiger partial charge in [0.1, 0.15) is 10.8 Å². The maximum absolute atomic E-state index is 13.1. The van der Waals surface area contributed by atoms with Crippen LogP contribution in [0.25, 0.3) is 0 Å². The van der Waals surface area contributed by atoms with E-state index < -0.39 is 5.82 Å². The predicted molar refractivity (Wildman–Crippen MR) is 87.6 cm³/mol.